The summed E-state index contributed by atoms with van der Waals surface area (Å²) in [6.45, 7) is 4.57. The summed E-state index contributed by atoms with van der Waals surface area (Å²) >= 11 is 0. The summed E-state index contributed by atoms with van der Waals surface area (Å²) in [5, 5.41) is 17.1. The van der Waals surface area contributed by atoms with E-state index in [2.05, 4.69) is 20.4 Å². The fourth-order valence-corrected chi connectivity index (χ4v) is 4.11. The van der Waals surface area contributed by atoms with Crippen LogP contribution >= 0.6 is 0 Å². The van der Waals surface area contributed by atoms with E-state index in [4.69, 9.17) is 0 Å². The molecule has 2 amide bonds. The second kappa shape index (κ2) is 8.80. The highest BCUT2D eigenvalue weighted by atomic mass is 19.1. The van der Waals surface area contributed by atoms with Crippen LogP contribution in [0.5, 0.6) is 0 Å². The van der Waals surface area contributed by atoms with Crippen LogP contribution in [0.4, 0.5) is 10.1 Å². The lowest BCUT2D eigenvalue weighted by molar-refractivity contribution is -0.0159. The molecular formula is C26H25FN6O3. The zero-order chi connectivity index (χ0) is 25.6. The summed E-state index contributed by atoms with van der Waals surface area (Å²) in [4.78, 5) is 36.4. The van der Waals surface area contributed by atoms with Crippen molar-refractivity contribution in [2.45, 2.75) is 39.1 Å². The molecule has 1 aliphatic rings. The summed E-state index contributed by atoms with van der Waals surface area (Å²) in [7, 11) is 0. The largest absolute Gasteiger partial charge is 0.387 e. The van der Waals surface area contributed by atoms with Crippen molar-refractivity contribution in [1.29, 1.82) is 0 Å². The van der Waals surface area contributed by atoms with Gasteiger partial charge < -0.3 is 15.3 Å². The number of pyridine rings is 1. The zero-order valence-electron chi connectivity index (χ0n) is 20.1. The standard InChI is InChI=1S/C26H25FN6O3/c1-15-5-6-20(29-11-15)18-10-17-16(13-32(25(17)35)14-22(27)26(2,3)36)9-21(18)31-24(34)19-12-30-33-8-4-7-28-23(19)33/h4-12,22,36H,13-14H2,1-3H3,(H,31,34). The average molecular weight is 489 g/mol. The second-order valence-electron chi connectivity index (χ2n) is 9.48. The number of amides is 2. The Balaban J connectivity index is 1.53. The Morgan fingerprint density at radius 2 is 2.03 bits per heavy atom. The highest BCUT2D eigenvalue weighted by Crippen LogP contribution is 2.35. The lowest BCUT2D eigenvalue weighted by Gasteiger charge is -2.26. The number of hydrogen-bond donors (Lipinski definition) is 2. The van der Waals surface area contributed by atoms with Gasteiger partial charge in [-0.3, -0.25) is 14.6 Å². The molecule has 0 aliphatic carbocycles. The number of halogens is 1. The Bertz CT molecular complexity index is 1480. The maximum absolute atomic E-state index is 14.6. The summed E-state index contributed by atoms with van der Waals surface area (Å²) in [5.74, 6) is -0.751. The Hall–Kier alpha value is -4.18. The SMILES string of the molecule is Cc1ccc(-c2cc3c(cc2NC(=O)c2cnn4cccnc24)CN(CC(F)C(C)(C)O)C3=O)nc1. The normalized spacial score (nSPS) is 14.2. The van der Waals surface area contributed by atoms with E-state index in [0.717, 1.165) is 5.56 Å². The minimum absolute atomic E-state index is 0.160. The molecular weight excluding hydrogens is 463 g/mol. The van der Waals surface area contributed by atoms with Gasteiger partial charge >= 0.3 is 0 Å². The van der Waals surface area contributed by atoms with E-state index in [-0.39, 0.29) is 19.0 Å². The quantitative estimate of drug-likeness (QED) is 0.430. The first-order chi connectivity index (χ1) is 17.1. The predicted molar refractivity (Wildman–Crippen MR) is 131 cm³/mol. The number of aromatic nitrogens is 4. The summed E-state index contributed by atoms with van der Waals surface area (Å²) in [6.07, 6.45) is 4.81. The van der Waals surface area contributed by atoms with Crippen LogP contribution in [0.1, 0.15) is 45.7 Å². The third kappa shape index (κ3) is 4.31. The van der Waals surface area contributed by atoms with Gasteiger partial charge in [-0.1, -0.05) is 6.07 Å². The monoisotopic (exact) mass is 488 g/mol. The van der Waals surface area contributed by atoms with Gasteiger partial charge in [-0.2, -0.15) is 5.10 Å². The van der Waals surface area contributed by atoms with Crippen molar-refractivity contribution in [1.82, 2.24) is 24.5 Å². The van der Waals surface area contributed by atoms with Crippen molar-refractivity contribution in [2.24, 2.45) is 0 Å². The molecule has 2 N–H and O–H groups in total. The minimum atomic E-state index is -1.61. The molecule has 1 aromatic carbocycles. The molecule has 36 heavy (non-hydrogen) atoms. The van der Waals surface area contributed by atoms with Crippen LogP contribution in [-0.4, -0.2) is 59.7 Å². The van der Waals surface area contributed by atoms with Crippen molar-refractivity contribution in [3.63, 3.8) is 0 Å². The first kappa shape index (κ1) is 23.6. The highest BCUT2D eigenvalue weighted by Gasteiger charge is 2.35. The molecule has 4 aromatic rings. The van der Waals surface area contributed by atoms with Crippen molar-refractivity contribution >= 4 is 23.1 Å². The number of nitrogens with zero attached hydrogens (tertiary/aromatic N) is 5. The predicted octanol–water partition coefficient (Wildman–Crippen LogP) is 3.42. The van der Waals surface area contributed by atoms with Gasteiger partial charge in [0.25, 0.3) is 11.8 Å². The second-order valence-corrected chi connectivity index (χ2v) is 9.48. The van der Waals surface area contributed by atoms with Gasteiger partial charge in [0.05, 0.1) is 29.7 Å². The van der Waals surface area contributed by atoms with Gasteiger partial charge in [-0.15, -0.1) is 0 Å². The van der Waals surface area contributed by atoms with Crippen molar-refractivity contribution in [2.75, 3.05) is 11.9 Å². The number of nitrogens with one attached hydrogen (secondary N) is 1. The number of anilines is 1. The van der Waals surface area contributed by atoms with Crippen LogP contribution in [-0.2, 0) is 6.54 Å². The maximum atomic E-state index is 14.6. The molecule has 0 saturated carbocycles. The molecule has 0 radical (unpaired) electrons. The molecule has 0 bridgehead atoms. The number of carbonyl (C=O) groups is 2. The number of hydrogen-bond acceptors (Lipinski definition) is 6. The van der Waals surface area contributed by atoms with E-state index in [1.165, 1.54) is 29.5 Å². The number of aliphatic hydroxyl groups is 1. The zero-order valence-corrected chi connectivity index (χ0v) is 20.1. The van der Waals surface area contributed by atoms with Gasteiger partial charge in [0.1, 0.15) is 11.7 Å². The number of rotatable bonds is 6. The van der Waals surface area contributed by atoms with Crippen LogP contribution in [0.2, 0.25) is 0 Å². The van der Waals surface area contributed by atoms with E-state index in [0.29, 0.717) is 39.3 Å². The average Bonchev–Trinajstić information content (AvgIpc) is 3.40. The third-order valence-corrected chi connectivity index (χ3v) is 6.23. The van der Waals surface area contributed by atoms with Gasteiger partial charge in [0.15, 0.2) is 5.65 Å². The van der Waals surface area contributed by atoms with E-state index >= 15 is 0 Å². The van der Waals surface area contributed by atoms with Crippen LogP contribution in [0.15, 0.2) is 55.1 Å². The smallest absolute Gasteiger partial charge is 0.261 e. The van der Waals surface area contributed by atoms with Crippen molar-refractivity contribution in [3.8, 4) is 11.3 Å². The number of carbonyl (C=O) groups excluding carboxylic acids is 2. The molecule has 5 rings (SSSR count). The number of aryl methyl sites for hydroxylation is 1. The maximum Gasteiger partial charge on any atom is 0.261 e. The number of alkyl halides is 1. The lowest BCUT2D eigenvalue weighted by Crippen LogP contribution is -2.42. The van der Waals surface area contributed by atoms with E-state index in [9.17, 15) is 19.1 Å². The van der Waals surface area contributed by atoms with Gasteiger partial charge in [0.2, 0.25) is 0 Å². The van der Waals surface area contributed by atoms with E-state index in [1.54, 1.807) is 36.8 Å². The van der Waals surface area contributed by atoms with Crippen LogP contribution < -0.4 is 5.32 Å². The van der Waals surface area contributed by atoms with Crippen LogP contribution in [0, 0.1) is 6.92 Å². The molecule has 0 saturated heterocycles. The fourth-order valence-electron chi connectivity index (χ4n) is 4.11. The number of fused-ring (bicyclic) bond motifs is 2. The van der Waals surface area contributed by atoms with Gasteiger partial charge in [-0.05, 0) is 56.2 Å². The van der Waals surface area contributed by atoms with E-state index in [1.807, 2.05) is 19.1 Å². The molecule has 1 unspecified atom stereocenters. The molecule has 10 heteroatoms. The Morgan fingerprint density at radius 1 is 1.22 bits per heavy atom. The molecule has 184 valence electrons. The van der Waals surface area contributed by atoms with Gasteiger partial charge in [0, 0.05) is 36.3 Å². The van der Waals surface area contributed by atoms with Crippen molar-refractivity contribution in [3.05, 3.63) is 77.4 Å². The molecule has 0 fully saturated rings. The molecule has 3 aromatic heterocycles. The first-order valence-corrected chi connectivity index (χ1v) is 11.5. The Morgan fingerprint density at radius 3 is 2.75 bits per heavy atom. The van der Waals surface area contributed by atoms with Gasteiger partial charge in [-0.25, -0.2) is 13.9 Å². The summed E-state index contributed by atoms with van der Waals surface area (Å²) in [6, 6.07) is 8.81. The first-order valence-electron chi connectivity index (χ1n) is 11.5. The lowest BCUT2D eigenvalue weighted by atomic mass is 10.0. The Labute approximate surface area is 206 Å². The summed E-state index contributed by atoms with van der Waals surface area (Å²) in [5.41, 5.74) is 2.73. The van der Waals surface area contributed by atoms with Crippen molar-refractivity contribution < 1.29 is 19.1 Å². The molecule has 4 heterocycles. The fraction of sp³-hybridized carbons (Fsp3) is 0.269. The van der Waals surface area contributed by atoms with Crippen LogP contribution in [0.25, 0.3) is 16.9 Å². The number of benzene rings is 1. The topological polar surface area (TPSA) is 113 Å². The van der Waals surface area contributed by atoms with E-state index < -0.39 is 17.7 Å². The minimum Gasteiger partial charge on any atom is -0.387 e. The third-order valence-electron chi connectivity index (χ3n) is 6.23. The molecule has 1 aliphatic heterocycles. The molecule has 1 atom stereocenters. The summed E-state index contributed by atoms with van der Waals surface area (Å²) < 4.78 is 16.1. The Kier molecular flexibility index (Phi) is 5.76. The van der Waals surface area contributed by atoms with Crippen LogP contribution in [0.3, 0.4) is 0 Å². The molecule has 0 spiro atoms. The highest BCUT2D eigenvalue weighted by molar-refractivity contribution is 6.10. The molecule has 9 nitrogen and oxygen atoms in total.